The molecule has 124 valence electrons. The smallest absolute Gasteiger partial charge is 0.177 e. The number of rotatable bonds is 5. The van der Waals surface area contributed by atoms with Gasteiger partial charge < -0.3 is 15.5 Å². The van der Waals surface area contributed by atoms with Crippen LogP contribution in [0.15, 0.2) is 32.5 Å². The maximum Gasteiger partial charge on any atom is 0.177 e. The molecule has 1 unspecified atom stereocenters. The molecule has 0 aliphatic heterocycles. The Morgan fingerprint density at radius 3 is 3.08 bits per heavy atom. The SMILES string of the molecule is CC#CC(N)Cc1oc2c(NCc3cccs3)cc(Cl)nc2c1Br. The minimum Gasteiger partial charge on any atom is -0.456 e. The van der Waals surface area contributed by atoms with E-state index in [1.807, 2.05) is 11.4 Å². The lowest BCUT2D eigenvalue weighted by molar-refractivity contribution is 0.535. The number of fused-ring (bicyclic) bond motifs is 1. The van der Waals surface area contributed by atoms with Gasteiger partial charge >= 0.3 is 0 Å². The number of pyridine rings is 1. The third kappa shape index (κ3) is 3.76. The molecule has 0 spiro atoms. The van der Waals surface area contributed by atoms with E-state index in [0.717, 1.165) is 10.2 Å². The lowest BCUT2D eigenvalue weighted by Crippen LogP contribution is -2.20. The molecule has 3 aromatic heterocycles. The molecule has 7 heteroatoms. The Hall–Kier alpha value is -1.52. The lowest BCUT2D eigenvalue weighted by atomic mass is 10.2. The monoisotopic (exact) mass is 423 g/mol. The highest BCUT2D eigenvalue weighted by Gasteiger charge is 2.19. The topological polar surface area (TPSA) is 64.1 Å². The summed E-state index contributed by atoms with van der Waals surface area (Å²) in [6.07, 6.45) is 0.500. The van der Waals surface area contributed by atoms with Gasteiger partial charge in [0.1, 0.15) is 16.4 Å². The zero-order valence-corrected chi connectivity index (χ0v) is 16.1. The van der Waals surface area contributed by atoms with Crippen LogP contribution in [-0.2, 0) is 13.0 Å². The fourth-order valence-corrected chi connectivity index (χ4v) is 3.70. The number of aromatic nitrogens is 1. The normalized spacial score (nSPS) is 12.0. The zero-order chi connectivity index (χ0) is 17.1. The number of anilines is 1. The Labute approximate surface area is 157 Å². The molecule has 0 saturated carbocycles. The van der Waals surface area contributed by atoms with Crippen LogP contribution in [0.3, 0.4) is 0 Å². The Balaban J connectivity index is 1.95. The van der Waals surface area contributed by atoms with Gasteiger partial charge in [0.25, 0.3) is 0 Å². The molecular weight excluding hydrogens is 410 g/mol. The van der Waals surface area contributed by atoms with Gasteiger partial charge in [-0.2, -0.15) is 0 Å². The van der Waals surface area contributed by atoms with E-state index in [9.17, 15) is 0 Å². The van der Waals surface area contributed by atoms with Crippen LogP contribution in [0.2, 0.25) is 5.15 Å². The van der Waals surface area contributed by atoms with Crippen molar-refractivity contribution in [3.8, 4) is 11.8 Å². The van der Waals surface area contributed by atoms with Crippen molar-refractivity contribution in [1.82, 2.24) is 4.98 Å². The second-order valence-electron chi connectivity index (χ2n) is 5.15. The fraction of sp³-hybridized carbons (Fsp3) is 0.235. The van der Waals surface area contributed by atoms with E-state index in [2.05, 4.69) is 44.1 Å². The zero-order valence-electron chi connectivity index (χ0n) is 12.9. The average Bonchev–Trinajstić information content (AvgIpc) is 3.15. The molecule has 0 fully saturated rings. The van der Waals surface area contributed by atoms with E-state index in [0.29, 0.717) is 35.0 Å². The van der Waals surface area contributed by atoms with Crippen LogP contribution in [0.4, 0.5) is 5.69 Å². The van der Waals surface area contributed by atoms with Gasteiger partial charge in [0.15, 0.2) is 5.58 Å². The Bertz CT molecular complexity index is 911. The second kappa shape index (κ2) is 7.58. The van der Waals surface area contributed by atoms with Crippen molar-refractivity contribution in [3.63, 3.8) is 0 Å². The third-order valence-electron chi connectivity index (χ3n) is 3.39. The average molecular weight is 425 g/mol. The van der Waals surface area contributed by atoms with Crippen molar-refractivity contribution in [2.24, 2.45) is 5.73 Å². The highest BCUT2D eigenvalue weighted by Crippen LogP contribution is 2.36. The number of nitrogens with two attached hydrogens (primary N) is 1. The van der Waals surface area contributed by atoms with Crippen LogP contribution >= 0.6 is 38.9 Å². The van der Waals surface area contributed by atoms with Gasteiger partial charge in [0.2, 0.25) is 0 Å². The Kier molecular flexibility index (Phi) is 5.47. The minimum atomic E-state index is -0.287. The number of furan rings is 1. The largest absolute Gasteiger partial charge is 0.456 e. The molecule has 3 N–H and O–H groups in total. The first-order chi connectivity index (χ1) is 11.6. The molecule has 1 atom stereocenters. The van der Waals surface area contributed by atoms with Crippen LogP contribution in [-0.4, -0.2) is 11.0 Å². The summed E-state index contributed by atoms with van der Waals surface area (Å²) >= 11 is 11.4. The van der Waals surface area contributed by atoms with Crippen molar-refractivity contribution in [1.29, 1.82) is 0 Å². The lowest BCUT2D eigenvalue weighted by Gasteiger charge is -2.06. The summed E-state index contributed by atoms with van der Waals surface area (Å²) in [6.45, 7) is 2.46. The molecule has 0 saturated heterocycles. The molecule has 3 aromatic rings. The number of nitrogens with zero attached hydrogens (tertiary/aromatic N) is 1. The maximum atomic E-state index is 6.16. The summed E-state index contributed by atoms with van der Waals surface area (Å²) in [4.78, 5) is 5.59. The summed E-state index contributed by atoms with van der Waals surface area (Å²) in [5, 5.41) is 5.81. The molecule has 0 aromatic carbocycles. The predicted octanol–water partition coefficient (Wildman–Crippen LogP) is 4.81. The number of nitrogens with one attached hydrogen (secondary N) is 1. The standard InChI is InChI=1S/C17H15BrClN3OS/c1-2-4-10(20)7-13-15(18)16-17(23-13)12(8-14(19)22-16)21-9-11-5-3-6-24-11/h3,5-6,8,10H,7,9,20H2,1H3,(H,21,22). The molecule has 0 bridgehead atoms. The van der Waals surface area contributed by atoms with E-state index in [1.54, 1.807) is 24.3 Å². The molecule has 24 heavy (non-hydrogen) atoms. The van der Waals surface area contributed by atoms with Crippen molar-refractivity contribution in [2.75, 3.05) is 5.32 Å². The van der Waals surface area contributed by atoms with Gasteiger partial charge in [-0.05, 0) is 34.3 Å². The van der Waals surface area contributed by atoms with Crippen LogP contribution in [0.25, 0.3) is 11.1 Å². The molecule has 0 aliphatic rings. The van der Waals surface area contributed by atoms with Crippen LogP contribution in [0.1, 0.15) is 17.6 Å². The highest BCUT2D eigenvalue weighted by molar-refractivity contribution is 9.10. The molecule has 0 radical (unpaired) electrons. The summed E-state index contributed by atoms with van der Waals surface area (Å²) in [5.41, 5.74) is 8.13. The molecule has 3 heterocycles. The Morgan fingerprint density at radius 1 is 1.54 bits per heavy atom. The van der Waals surface area contributed by atoms with Crippen LogP contribution < -0.4 is 11.1 Å². The van der Waals surface area contributed by atoms with Crippen LogP contribution in [0.5, 0.6) is 0 Å². The van der Waals surface area contributed by atoms with E-state index in [-0.39, 0.29) is 6.04 Å². The molecule has 3 rings (SSSR count). The minimum absolute atomic E-state index is 0.287. The predicted molar refractivity (Wildman–Crippen MR) is 103 cm³/mol. The molecular formula is C17H15BrClN3OS. The maximum absolute atomic E-state index is 6.16. The summed E-state index contributed by atoms with van der Waals surface area (Å²) in [5.74, 6) is 6.46. The van der Waals surface area contributed by atoms with Gasteiger partial charge in [-0.1, -0.05) is 23.6 Å². The van der Waals surface area contributed by atoms with E-state index >= 15 is 0 Å². The second-order valence-corrected chi connectivity index (χ2v) is 7.36. The first-order valence-corrected chi connectivity index (χ1v) is 9.35. The first-order valence-electron chi connectivity index (χ1n) is 7.30. The van der Waals surface area contributed by atoms with Crippen molar-refractivity contribution in [2.45, 2.75) is 25.9 Å². The number of hydrogen-bond donors (Lipinski definition) is 2. The first kappa shape index (κ1) is 17.3. The third-order valence-corrected chi connectivity index (χ3v) is 5.28. The van der Waals surface area contributed by atoms with Crippen molar-refractivity contribution >= 4 is 55.7 Å². The number of hydrogen-bond acceptors (Lipinski definition) is 5. The van der Waals surface area contributed by atoms with Gasteiger partial charge in [0, 0.05) is 23.9 Å². The highest BCUT2D eigenvalue weighted by atomic mass is 79.9. The molecule has 0 aliphatic carbocycles. The molecule has 4 nitrogen and oxygen atoms in total. The van der Waals surface area contributed by atoms with Gasteiger partial charge in [0.05, 0.1) is 16.2 Å². The summed E-state index contributed by atoms with van der Waals surface area (Å²) in [6, 6.07) is 5.58. The van der Waals surface area contributed by atoms with E-state index < -0.39 is 0 Å². The fourth-order valence-electron chi connectivity index (χ4n) is 2.35. The van der Waals surface area contributed by atoms with Gasteiger partial charge in [-0.25, -0.2) is 4.98 Å². The Morgan fingerprint density at radius 2 is 2.38 bits per heavy atom. The van der Waals surface area contributed by atoms with Gasteiger partial charge in [-0.15, -0.1) is 17.3 Å². The van der Waals surface area contributed by atoms with Crippen LogP contribution in [0, 0.1) is 11.8 Å². The van der Waals surface area contributed by atoms with Crippen molar-refractivity contribution < 1.29 is 4.42 Å². The molecule has 0 amide bonds. The van der Waals surface area contributed by atoms with Crippen molar-refractivity contribution in [3.05, 3.63) is 43.8 Å². The van der Waals surface area contributed by atoms with Gasteiger partial charge in [-0.3, -0.25) is 0 Å². The summed E-state index contributed by atoms with van der Waals surface area (Å²) < 4.78 is 6.77. The van der Waals surface area contributed by atoms with E-state index in [4.69, 9.17) is 21.8 Å². The number of thiophene rings is 1. The summed E-state index contributed by atoms with van der Waals surface area (Å²) in [7, 11) is 0. The number of halogens is 2. The van der Waals surface area contributed by atoms with E-state index in [1.165, 1.54) is 4.88 Å². The quantitative estimate of drug-likeness (QED) is 0.456.